The van der Waals surface area contributed by atoms with Crippen molar-refractivity contribution in [1.29, 1.82) is 5.26 Å². The van der Waals surface area contributed by atoms with Crippen molar-refractivity contribution in [2.24, 2.45) is 10.3 Å². The van der Waals surface area contributed by atoms with E-state index < -0.39 is 23.6 Å². The van der Waals surface area contributed by atoms with E-state index in [9.17, 15) is 14.7 Å². The number of nitrogens with one attached hydrogen (secondary N) is 1. The average molecular weight is 423 g/mol. The number of nitrogens with zero attached hydrogens (tertiary/aromatic N) is 4. The van der Waals surface area contributed by atoms with Gasteiger partial charge in [0.25, 0.3) is 5.91 Å². The number of likely N-dealkylation sites (N-methyl/N-ethyl adjacent to an activating group) is 1. The van der Waals surface area contributed by atoms with Crippen molar-refractivity contribution >= 4 is 17.7 Å². The van der Waals surface area contributed by atoms with Crippen LogP contribution >= 0.6 is 0 Å². The summed E-state index contributed by atoms with van der Waals surface area (Å²) in [5.74, 6) is -0.406. The van der Waals surface area contributed by atoms with Crippen molar-refractivity contribution in [2.75, 3.05) is 7.05 Å². The number of rotatable bonds is 6. The van der Waals surface area contributed by atoms with E-state index in [1.54, 1.807) is 57.2 Å². The topological polar surface area (TPSA) is 127 Å². The molecule has 0 heterocycles. The highest BCUT2D eigenvalue weighted by molar-refractivity contribution is 5.85. The third kappa shape index (κ3) is 7.78. The first-order chi connectivity index (χ1) is 14.6. The van der Waals surface area contributed by atoms with Gasteiger partial charge in [0.1, 0.15) is 17.4 Å². The lowest BCUT2D eigenvalue weighted by molar-refractivity contribution is -0.132. The Bertz CT molecular complexity index is 973. The van der Waals surface area contributed by atoms with Gasteiger partial charge in [0, 0.05) is 13.5 Å². The molecule has 2 rings (SSSR count). The molecule has 0 aliphatic heterocycles. The molecule has 0 radical (unpaired) electrons. The molecule has 1 atom stereocenters. The quantitative estimate of drug-likeness (QED) is 0.539. The Labute approximate surface area is 180 Å². The molecule has 0 aromatic heterocycles. The number of hydrogen-bond donors (Lipinski definition) is 2. The van der Waals surface area contributed by atoms with Gasteiger partial charge in [-0.15, -0.1) is 5.11 Å². The molecule has 0 aliphatic rings. The first-order valence-electron chi connectivity index (χ1n) is 9.54. The average Bonchev–Trinajstić information content (AvgIpc) is 2.71. The van der Waals surface area contributed by atoms with Gasteiger partial charge in [-0.1, -0.05) is 17.4 Å². The summed E-state index contributed by atoms with van der Waals surface area (Å²) in [7, 11) is 1.43. The molecule has 0 unspecified atom stereocenters. The van der Waals surface area contributed by atoms with Crippen molar-refractivity contribution < 1.29 is 19.4 Å². The van der Waals surface area contributed by atoms with Gasteiger partial charge >= 0.3 is 6.09 Å². The Morgan fingerprint density at radius 1 is 1.16 bits per heavy atom. The summed E-state index contributed by atoms with van der Waals surface area (Å²) in [4.78, 5) is 25.2. The molecule has 162 valence electrons. The van der Waals surface area contributed by atoms with Crippen LogP contribution in [0.4, 0.5) is 10.5 Å². The van der Waals surface area contributed by atoms with Crippen LogP contribution in [0.3, 0.4) is 0 Å². The normalized spacial score (nSPS) is 12.1. The predicted octanol–water partition coefficient (Wildman–Crippen LogP) is 3.86. The molecular formula is C22H25N5O4. The minimum atomic E-state index is -0.968. The Morgan fingerprint density at radius 2 is 1.77 bits per heavy atom. The van der Waals surface area contributed by atoms with Gasteiger partial charge in [0.15, 0.2) is 0 Å². The number of hydrogen-bond acceptors (Lipinski definition) is 7. The number of nitriles is 1. The number of benzene rings is 2. The zero-order valence-corrected chi connectivity index (χ0v) is 17.9. The highest BCUT2D eigenvalue weighted by atomic mass is 16.6. The molecule has 0 saturated heterocycles. The van der Waals surface area contributed by atoms with E-state index in [2.05, 4.69) is 15.7 Å². The monoisotopic (exact) mass is 423 g/mol. The molecule has 9 nitrogen and oxygen atoms in total. The van der Waals surface area contributed by atoms with Crippen molar-refractivity contribution in [1.82, 2.24) is 10.3 Å². The third-order valence-corrected chi connectivity index (χ3v) is 3.97. The second-order valence-corrected chi connectivity index (χ2v) is 7.78. The number of aromatic hydroxyl groups is 1. The number of amides is 2. The molecule has 0 aliphatic carbocycles. The summed E-state index contributed by atoms with van der Waals surface area (Å²) >= 11 is 0. The van der Waals surface area contributed by atoms with Crippen LogP contribution in [0.25, 0.3) is 0 Å². The van der Waals surface area contributed by atoms with Crippen LogP contribution in [-0.4, -0.2) is 40.8 Å². The highest BCUT2D eigenvalue weighted by Gasteiger charge is 2.27. The standard InChI is InChI=1S/C22H25N5O4/c1-22(2,3)31-21(30)24-19(13-15-7-11-18(28)12-8-15)20(29)27(4)26-25-17-9-5-16(14-23)6-10-17/h5-12,19,28H,13H2,1-4H3,(H,24,30)/t19-/m0/s1. The minimum Gasteiger partial charge on any atom is -0.508 e. The SMILES string of the molecule is CN(N=Nc1ccc(C#N)cc1)C(=O)[C@H](Cc1ccc(O)cc1)NC(=O)OC(C)(C)C. The lowest BCUT2D eigenvalue weighted by Crippen LogP contribution is -2.48. The summed E-state index contributed by atoms with van der Waals surface area (Å²) in [6.45, 7) is 5.17. The van der Waals surface area contributed by atoms with Crippen molar-refractivity contribution in [3.05, 3.63) is 59.7 Å². The summed E-state index contributed by atoms with van der Waals surface area (Å²) in [6, 6.07) is 13.7. The van der Waals surface area contributed by atoms with E-state index in [0.717, 1.165) is 10.6 Å². The Morgan fingerprint density at radius 3 is 2.32 bits per heavy atom. The number of phenolic OH excluding ortho intramolecular Hbond substituents is 1. The van der Waals surface area contributed by atoms with Crippen LogP contribution in [0, 0.1) is 11.3 Å². The minimum absolute atomic E-state index is 0.0973. The summed E-state index contributed by atoms with van der Waals surface area (Å²) < 4.78 is 5.26. The Hall–Kier alpha value is -3.93. The molecule has 0 fully saturated rings. The number of carbonyl (C=O) groups excluding carboxylic acids is 2. The van der Waals surface area contributed by atoms with Crippen LogP contribution < -0.4 is 5.32 Å². The molecule has 31 heavy (non-hydrogen) atoms. The lowest BCUT2D eigenvalue weighted by Gasteiger charge is -2.24. The van der Waals surface area contributed by atoms with Crippen molar-refractivity contribution in [3.63, 3.8) is 0 Å². The Kier molecular flexibility index (Phi) is 7.69. The fourth-order valence-electron chi connectivity index (χ4n) is 2.51. The molecule has 0 saturated carbocycles. The summed E-state index contributed by atoms with van der Waals surface area (Å²) in [5.41, 5.74) is 0.953. The van der Waals surface area contributed by atoms with Crippen LogP contribution in [0.1, 0.15) is 31.9 Å². The van der Waals surface area contributed by atoms with Gasteiger partial charge in [-0.25, -0.2) is 9.80 Å². The number of carbonyl (C=O) groups is 2. The van der Waals surface area contributed by atoms with E-state index >= 15 is 0 Å². The fourth-order valence-corrected chi connectivity index (χ4v) is 2.51. The van der Waals surface area contributed by atoms with Gasteiger partial charge in [0.2, 0.25) is 0 Å². The van der Waals surface area contributed by atoms with E-state index in [1.807, 2.05) is 6.07 Å². The number of ether oxygens (including phenoxy) is 1. The van der Waals surface area contributed by atoms with Crippen LogP contribution in [0.5, 0.6) is 5.75 Å². The molecule has 2 amide bonds. The van der Waals surface area contributed by atoms with Crippen LogP contribution in [-0.2, 0) is 16.0 Å². The van der Waals surface area contributed by atoms with Gasteiger partial charge < -0.3 is 15.2 Å². The van der Waals surface area contributed by atoms with Crippen LogP contribution in [0.2, 0.25) is 0 Å². The molecule has 9 heteroatoms. The molecule has 2 aromatic rings. The first kappa shape index (κ1) is 23.3. The van der Waals surface area contributed by atoms with Crippen molar-refractivity contribution in [2.45, 2.75) is 38.8 Å². The van der Waals surface area contributed by atoms with Crippen molar-refractivity contribution in [3.8, 4) is 11.8 Å². The van der Waals surface area contributed by atoms with Crippen LogP contribution in [0.15, 0.2) is 58.9 Å². The number of phenols is 1. The maximum absolute atomic E-state index is 12.9. The molecule has 2 N–H and O–H groups in total. The molecule has 0 spiro atoms. The van der Waals surface area contributed by atoms with E-state index in [-0.39, 0.29) is 12.2 Å². The van der Waals surface area contributed by atoms with E-state index in [4.69, 9.17) is 10.00 Å². The molecule has 0 bridgehead atoms. The summed E-state index contributed by atoms with van der Waals surface area (Å²) in [6.07, 6.45) is -0.572. The maximum Gasteiger partial charge on any atom is 0.408 e. The zero-order valence-electron chi connectivity index (χ0n) is 17.9. The van der Waals surface area contributed by atoms with E-state index in [0.29, 0.717) is 11.3 Å². The fraction of sp³-hybridized carbons (Fsp3) is 0.318. The number of alkyl carbamates (subject to hydrolysis) is 1. The smallest absolute Gasteiger partial charge is 0.408 e. The van der Waals surface area contributed by atoms with Gasteiger partial charge in [-0.2, -0.15) is 5.26 Å². The molecular weight excluding hydrogens is 398 g/mol. The maximum atomic E-state index is 12.9. The van der Waals surface area contributed by atoms with Gasteiger partial charge in [0.05, 0.1) is 17.3 Å². The predicted molar refractivity (Wildman–Crippen MR) is 113 cm³/mol. The second-order valence-electron chi connectivity index (χ2n) is 7.78. The third-order valence-electron chi connectivity index (χ3n) is 3.97. The Balaban J connectivity index is 2.16. The van der Waals surface area contributed by atoms with Gasteiger partial charge in [-0.3, -0.25) is 4.79 Å². The first-order valence-corrected chi connectivity index (χ1v) is 9.54. The van der Waals surface area contributed by atoms with Gasteiger partial charge in [-0.05, 0) is 62.7 Å². The summed E-state index contributed by atoms with van der Waals surface area (Å²) in [5, 5.41) is 29.8. The lowest BCUT2D eigenvalue weighted by atomic mass is 10.1. The largest absolute Gasteiger partial charge is 0.508 e. The zero-order chi connectivity index (χ0) is 23.0. The van der Waals surface area contributed by atoms with E-state index in [1.165, 1.54) is 19.2 Å². The second kappa shape index (κ2) is 10.2. The molecule has 2 aromatic carbocycles. The highest BCUT2D eigenvalue weighted by Crippen LogP contribution is 2.16.